The molecule has 0 spiro atoms. The fraction of sp³-hybridized carbons (Fsp3) is 0.867. The smallest absolute Gasteiger partial charge is 0.351 e. The molecular formula is C15H27NO5. The van der Waals surface area contributed by atoms with Gasteiger partial charge in [-0.25, -0.2) is 4.79 Å². The quantitative estimate of drug-likeness (QED) is 0.526. The number of nitrogens with two attached hydrogens (primary N) is 1. The number of carboxylic acids is 1. The summed E-state index contributed by atoms with van der Waals surface area (Å²) >= 11 is 0. The molecule has 122 valence electrons. The Hall–Kier alpha value is -1.14. The average molecular weight is 301 g/mol. The average Bonchev–Trinajstić information content (AvgIpc) is 2.34. The number of carboxylic acid groups (broad SMARTS) is 1. The maximum atomic E-state index is 12.3. The van der Waals surface area contributed by atoms with Crippen LogP contribution in [0, 0.1) is 11.8 Å². The normalized spacial score (nSPS) is 21.4. The third-order valence-corrected chi connectivity index (χ3v) is 3.86. The molecule has 0 aliphatic heterocycles. The lowest BCUT2D eigenvalue weighted by Crippen LogP contribution is -2.58. The zero-order valence-corrected chi connectivity index (χ0v) is 13.1. The monoisotopic (exact) mass is 301 g/mol. The summed E-state index contributed by atoms with van der Waals surface area (Å²) in [6, 6.07) is 0. The molecule has 0 aromatic carbocycles. The Bertz CT molecular complexity index is 380. The van der Waals surface area contributed by atoms with Gasteiger partial charge in [-0.1, -0.05) is 32.1 Å². The standard InChI is InChI=1S/C15H27NO5/c1-14(2,3)21-12(17)11(15(16,20)13(18)19)9-10-7-5-4-6-8-10/h10-11,20H,4-9,16H2,1-3H3,(H,18,19). The van der Waals surface area contributed by atoms with E-state index in [-0.39, 0.29) is 12.3 Å². The zero-order chi connectivity index (χ0) is 16.3. The first-order chi connectivity index (χ1) is 9.54. The lowest BCUT2D eigenvalue weighted by atomic mass is 9.79. The lowest BCUT2D eigenvalue weighted by Gasteiger charge is -2.33. The van der Waals surface area contributed by atoms with E-state index in [0.717, 1.165) is 32.1 Å². The number of aliphatic hydroxyl groups is 1. The third kappa shape index (κ3) is 5.28. The number of carbonyl (C=O) groups is 2. The van der Waals surface area contributed by atoms with E-state index in [9.17, 15) is 14.7 Å². The van der Waals surface area contributed by atoms with Gasteiger partial charge < -0.3 is 14.9 Å². The highest BCUT2D eigenvalue weighted by atomic mass is 16.6. The molecule has 1 fully saturated rings. The first-order valence-electron chi connectivity index (χ1n) is 7.51. The summed E-state index contributed by atoms with van der Waals surface area (Å²) in [5, 5.41) is 19.1. The van der Waals surface area contributed by atoms with Crippen LogP contribution in [0.3, 0.4) is 0 Å². The van der Waals surface area contributed by atoms with Crippen LogP contribution in [-0.2, 0) is 14.3 Å². The first kappa shape index (κ1) is 17.9. The molecule has 0 heterocycles. The SMILES string of the molecule is CC(C)(C)OC(=O)C(CC1CCCCC1)C(N)(O)C(=O)O. The van der Waals surface area contributed by atoms with Crippen molar-refractivity contribution in [2.24, 2.45) is 17.6 Å². The zero-order valence-electron chi connectivity index (χ0n) is 13.1. The highest BCUT2D eigenvalue weighted by Gasteiger charge is 2.47. The van der Waals surface area contributed by atoms with Gasteiger partial charge in [0.2, 0.25) is 5.72 Å². The summed E-state index contributed by atoms with van der Waals surface area (Å²) < 4.78 is 5.24. The number of hydrogen-bond donors (Lipinski definition) is 3. The van der Waals surface area contributed by atoms with Gasteiger partial charge in [-0.3, -0.25) is 10.5 Å². The summed E-state index contributed by atoms with van der Waals surface area (Å²) in [6.07, 6.45) is 5.36. The van der Waals surface area contributed by atoms with E-state index in [1.54, 1.807) is 20.8 Å². The number of hydrogen-bond acceptors (Lipinski definition) is 5. The molecule has 4 N–H and O–H groups in total. The van der Waals surface area contributed by atoms with Gasteiger partial charge in [-0.05, 0) is 33.1 Å². The summed E-state index contributed by atoms with van der Waals surface area (Å²) in [7, 11) is 0. The van der Waals surface area contributed by atoms with Crippen LogP contribution in [0.2, 0.25) is 0 Å². The molecule has 0 amide bonds. The predicted molar refractivity (Wildman–Crippen MR) is 77.3 cm³/mol. The molecule has 6 heteroatoms. The Morgan fingerprint density at radius 2 is 1.76 bits per heavy atom. The molecule has 2 unspecified atom stereocenters. The maximum Gasteiger partial charge on any atom is 0.351 e. The fourth-order valence-electron chi connectivity index (χ4n) is 2.73. The van der Waals surface area contributed by atoms with Crippen molar-refractivity contribution in [1.29, 1.82) is 0 Å². The van der Waals surface area contributed by atoms with Gasteiger partial charge in [0.05, 0.1) is 0 Å². The van der Waals surface area contributed by atoms with Gasteiger partial charge in [-0.15, -0.1) is 0 Å². The Morgan fingerprint density at radius 1 is 1.24 bits per heavy atom. The largest absolute Gasteiger partial charge is 0.478 e. The van der Waals surface area contributed by atoms with E-state index in [0.29, 0.717) is 0 Å². The minimum Gasteiger partial charge on any atom is -0.478 e. The molecule has 0 aromatic rings. The molecule has 1 saturated carbocycles. The van der Waals surface area contributed by atoms with Crippen molar-refractivity contribution in [2.75, 3.05) is 0 Å². The second kappa shape index (κ2) is 6.75. The molecule has 1 aliphatic carbocycles. The summed E-state index contributed by atoms with van der Waals surface area (Å²) in [5.74, 6) is -3.40. The van der Waals surface area contributed by atoms with Crippen LogP contribution in [0.25, 0.3) is 0 Å². The van der Waals surface area contributed by atoms with Crippen molar-refractivity contribution in [1.82, 2.24) is 0 Å². The van der Waals surface area contributed by atoms with E-state index in [1.807, 2.05) is 0 Å². The molecule has 1 aliphatic rings. The van der Waals surface area contributed by atoms with Gasteiger partial charge in [0, 0.05) is 0 Å². The van der Waals surface area contributed by atoms with Crippen molar-refractivity contribution in [3.8, 4) is 0 Å². The van der Waals surface area contributed by atoms with E-state index >= 15 is 0 Å². The Labute approximate surface area is 125 Å². The first-order valence-corrected chi connectivity index (χ1v) is 7.51. The van der Waals surface area contributed by atoms with Gasteiger partial charge in [0.25, 0.3) is 0 Å². The van der Waals surface area contributed by atoms with Crippen LogP contribution in [0.15, 0.2) is 0 Å². The minimum absolute atomic E-state index is 0.200. The number of rotatable bonds is 5. The minimum atomic E-state index is -2.60. The fourth-order valence-corrected chi connectivity index (χ4v) is 2.73. The Balaban J connectivity index is 2.88. The molecule has 0 saturated heterocycles. The van der Waals surface area contributed by atoms with Crippen LogP contribution >= 0.6 is 0 Å². The van der Waals surface area contributed by atoms with Gasteiger partial charge in [0.15, 0.2) is 0 Å². The molecule has 1 rings (SSSR count). The van der Waals surface area contributed by atoms with Crippen molar-refractivity contribution in [3.63, 3.8) is 0 Å². The number of ether oxygens (including phenoxy) is 1. The highest BCUT2D eigenvalue weighted by molar-refractivity contribution is 5.85. The lowest BCUT2D eigenvalue weighted by molar-refractivity contribution is -0.183. The Kier molecular flexibility index (Phi) is 5.75. The molecule has 0 radical (unpaired) electrons. The van der Waals surface area contributed by atoms with E-state index < -0.39 is 29.2 Å². The highest BCUT2D eigenvalue weighted by Crippen LogP contribution is 2.33. The third-order valence-electron chi connectivity index (χ3n) is 3.86. The van der Waals surface area contributed by atoms with Crippen LogP contribution in [-0.4, -0.2) is 33.5 Å². The number of aliphatic carboxylic acids is 1. The second-order valence-corrected chi connectivity index (χ2v) is 6.96. The topological polar surface area (TPSA) is 110 Å². The molecule has 0 bridgehead atoms. The molecule has 21 heavy (non-hydrogen) atoms. The molecular weight excluding hydrogens is 274 g/mol. The summed E-state index contributed by atoms with van der Waals surface area (Å²) in [5.41, 5.74) is 2.14. The van der Waals surface area contributed by atoms with E-state index in [1.165, 1.54) is 0 Å². The van der Waals surface area contributed by atoms with Gasteiger partial charge in [-0.2, -0.15) is 0 Å². The summed E-state index contributed by atoms with van der Waals surface area (Å²) in [4.78, 5) is 23.4. The van der Waals surface area contributed by atoms with Crippen molar-refractivity contribution >= 4 is 11.9 Å². The van der Waals surface area contributed by atoms with Crippen molar-refractivity contribution in [3.05, 3.63) is 0 Å². The number of carbonyl (C=O) groups excluding carboxylic acids is 1. The molecule has 6 nitrogen and oxygen atoms in total. The van der Waals surface area contributed by atoms with Crippen LogP contribution in [0.1, 0.15) is 59.3 Å². The van der Waals surface area contributed by atoms with Crippen LogP contribution < -0.4 is 5.73 Å². The van der Waals surface area contributed by atoms with Crippen molar-refractivity contribution < 1.29 is 24.5 Å². The van der Waals surface area contributed by atoms with Crippen LogP contribution in [0.4, 0.5) is 0 Å². The van der Waals surface area contributed by atoms with E-state index in [4.69, 9.17) is 15.6 Å². The molecule has 0 aromatic heterocycles. The molecule has 2 atom stereocenters. The van der Waals surface area contributed by atoms with Crippen molar-refractivity contribution in [2.45, 2.75) is 70.6 Å². The maximum absolute atomic E-state index is 12.3. The second-order valence-electron chi connectivity index (χ2n) is 6.96. The predicted octanol–water partition coefficient (Wildman–Crippen LogP) is 1.65. The van der Waals surface area contributed by atoms with Crippen LogP contribution in [0.5, 0.6) is 0 Å². The van der Waals surface area contributed by atoms with Gasteiger partial charge in [0.1, 0.15) is 11.5 Å². The number of esters is 1. The summed E-state index contributed by atoms with van der Waals surface area (Å²) in [6.45, 7) is 5.08. The Morgan fingerprint density at radius 3 is 2.19 bits per heavy atom. The van der Waals surface area contributed by atoms with E-state index in [2.05, 4.69) is 0 Å². The van der Waals surface area contributed by atoms with Gasteiger partial charge >= 0.3 is 11.9 Å².